The summed E-state index contributed by atoms with van der Waals surface area (Å²) < 4.78 is 14.7. The van der Waals surface area contributed by atoms with Crippen LogP contribution in [-0.2, 0) is 48.8 Å². The van der Waals surface area contributed by atoms with Crippen molar-refractivity contribution in [2.24, 2.45) is 11.3 Å². The Morgan fingerprint density at radius 1 is 1.00 bits per heavy atom. The molecule has 18 heteroatoms. The highest BCUT2D eigenvalue weighted by Gasteiger charge is 2.45. The van der Waals surface area contributed by atoms with E-state index in [1.54, 1.807) is 26.6 Å². The Labute approximate surface area is 451 Å². The summed E-state index contributed by atoms with van der Waals surface area (Å²) in [6.45, 7) is 20.0. The third-order valence-electron chi connectivity index (χ3n) is 16.7. The van der Waals surface area contributed by atoms with E-state index in [1.165, 1.54) is 34.1 Å². The van der Waals surface area contributed by atoms with Crippen molar-refractivity contribution in [3.63, 3.8) is 0 Å². The van der Waals surface area contributed by atoms with Gasteiger partial charge in [0.2, 0.25) is 5.91 Å². The number of anilines is 1. The molecule has 2 N–H and O–H groups in total. The van der Waals surface area contributed by atoms with Gasteiger partial charge in [-0.05, 0) is 107 Å². The van der Waals surface area contributed by atoms with Crippen molar-refractivity contribution in [2.45, 2.75) is 142 Å². The van der Waals surface area contributed by atoms with E-state index in [2.05, 4.69) is 89.0 Å². The van der Waals surface area contributed by atoms with Gasteiger partial charge in [-0.2, -0.15) is 0 Å². The first-order valence-corrected chi connectivity index (χ1v) is 28.5. The number of hydrogen-bond acceptors (Lipinski definition) is 13. The van der Waals surface area contributed by atoms with Gasteiger partial charge in [-0.1, -0.05) is 39.8 Å². The molecule has 5 aliphatic rings. The van der Waals surface area contributed by atoms with Gasteiger partial charge >= 0.3 is 12.0 Å². The van der Waals surface area contributed by atoms with E-state index in [0.717, 1.165) is 101 Å². The number of urea groups is 1. The number of benzene rings is 1. The molecule has 5 aromatic rings. The normalized spacial score (nSPS) is 23.4. The Bertz CT molecular complexity index is 2950. The molecule has 0 radical (unpaired) electrons. The van der Waals surface area contributed by atoms with Crippen molar-refractivity contribution in [1.82, 2.24) is 50.0 Å². The highest BCUT2D eigenvalue weighted by molar-refractivity contribution is 7.10. The third-order valence-corrected chi connectivity index (χ3v) is 17.6. The second-order valence-corrected chi connectivity index (χ2v) is 24.0. The van der Waals surface area contributed by atoms with Crippen LogP contribution in [0.1, 0.15) is 115 Å². The maximum atomic E-state index is 14.9. The standard InChI is InChI=1S/C58H77N11O6S/c1-10-67-48-19-16-38-28-42(48)44(52(67)43-29-41(33-60-50(43)37(4)74-9)66-26-24-65(25-27-66)40-17-18-40)31-57(5,6)35-75-55(72)45-15-12-23-69(63-45)54(71)46(30-49-61-47(38)34-76-49)62-53(70)51(36(2)3)64(8)56(73)68-22-13-20-58(68,7)39-14-11-21-59-32-39/h11,14,16,19,21,28-29,32-34,36-37,40,45-46,51,63H,10,12-13,15,17-18,20,22-27,30-31,35H2,1-9H3,(H,62,70)/t37-,45-,46-,51-,58+/m0/s1. The maximum absolute atomic E-state index is 14.9. The zero-order valence-electron chi connectivity index (χ0n) is 45.9. The molecule has 76 heavy (non-hydrogen) atoms. The van der Waals surface area contributed by atoms with Gasteiger partial charge in [-0.3, -0.25) is 34.3 Å². The Morgan fingerprint density at radius 2 is 1.79 bits per heavy atom. The molecule has 0 spiro atoms. The highest BCUT2D eigenvalue weighted by Crippen LogP contribution is 2.44. The molecular weight excluding hydrogens is 979 g/mol. The number of thiazole rings is 1. The number of nitrogens with one attached hydrogen (secondary N) is 2. The number of hydrazine groups is 1. The number of likely N-dealkylation sites (N-methyl/N-ethyl adjacent to an activating group) is 1. The van der Waals surface area contributed by atoms with E-state index in [9.17, 15) is 19.2 Å². The van der Waals surface area contributed by atoms with Crippen LogP contribution in [0.4, 0.5) is 10.5 Å². The molecule has 4 amide bonds. The second kappa shape index (κ2) is 21.8. The van der Waals surface area contributed by atoms with Gasteiger partial charge in [0.1, 0.15) is 18.1 Å². The van der Waals surface area contributed by atoms with Gasteiger partial charge in [-0.25, -0.2) is 15.2 Å². The van der Waals surface area contributed by atoms with Gasteiger partial charge in [0.25, 0.3) is 5.91 Å². The molecule has 1 saturated carbocycles. The smallest absolute Gasteiger partial charge is 0.324 e. The molecule has 4 fully saturated rings. The average molecular weight is 1060 g/mol. The third kappa shape index (κ3) is 10.6. The van der Waals surface area contributed by atoms with E-state index >= 15 is 0 Å². The van der Waals surface area contributed by atoms with Crippen LogP contribution in [0.25, 0.3) is 33.4 Å². The lowest BCUT2D eigenvalue weighted by molar-refractivity contribution is -0.155. The molecule has 8 heterocycles. The van der Waals surface area contributed by atoms with E-state index < -0.39 is 46.9 Å². The summed E-state index contributed by atoms with van der Waals surface area (Å²) in [6.07, 6.45) is 11.1. The first kappa shape index (κ1) is 53.4. The Morgan fingerprint density at radius 3 is 2.50 bits per heavy atom. The van der Waals surface area contributed by atoms with Crippen LogP contribution in [0.5, 0.6) is 0 Å². The molecule has 17 nitrogen and oxygen atoms in total. The van der Waals surface area contributed by atoms with E-state index in [1.807, 2.05) is 42.5 Å². The van der Waals surface area contributed by atoms with Crippen molar-refractivity contribution >= 4 is 51.7 Å². The topological polar surface area (TPSA) is 171 Å². The molecule has 1 aromatic carbocycles. The van der Waals surface area contributed by atoms with Crippen LogP contribution in [0, 0.1) is 11.3 Å². The lowest BCUT2D eigenvalue weighted by atomic mass is 9.84. The summed E-state index contributed by atoms with van der Waals surface area (Å²) in [5, 5.41) is 8.31. The SMILES string of the molecule is CCn1c(-c2cc(N3CCN(C4CC4)CC3)cnc2[C@H](C)OC)c2c3cc(ccc31)-c1csc(n1)C[C@H](NC(=O)[C@H](C(C)C)N(C)C(=O)N1CCC[C@]1(C)c1cccnc1)C(=O)N1CCC[C@H](N1)C(=O)OCC(C)(C)C2. The number of carbonyl (C=O) groups is 4. The fourth-order valence-corrected chi connectivity index (χ4v) is 13.2. The fraction of sp³-hybridized carbons (Fsp3) is 0.569. The Kier molecular flexibility index (Phi) is 15.3. The van der Waals surface area contributed by atoms with E-state index in [4.69, 9.17) is 19.4 Å². The molecule has 0 unspecified atom stereocenters. The van der Waals surface area contributed by atoms with Crippen LogP contribution in [0.15, 0.2) is 60.4 Å². The number of cyclic esters (lactones) is 1. The molecule has 4 aliphatic heterocycles. The van der Waals surface area contributed by atoms with E-state index in [0.29, 0.717) is 43.9 Å². The van der Waals surface area contributed by atoms with E-state index in [-0.39, 0.29) is 31.1 Å². The van der Waals surface area contributed by atoms with Crippen LogP contribution in [0.2, 0.25) is 0 Å². The minimum absolute atomic E-state index is 0.0910. The fourth-order valence-electron chi connectivity index (χ4n) is 12.3. The minimum atomic E-state index is -1.07. The average Bonchev–Trinajstić information content (AvgIpc) is 3.94. The predicted molar refractivity (Wildman–Crippen MR) is 295 cm³/mol. The molecule has 6 bridgehead atoms. The summed E-state index contributed by atoms with van der Waals surface area (Å²) in [5.41, 5.74) is 10.9. The number of fused-ring (bicyclic) bond motifs is 6. The number of amides is 4. The van der Waals surface area contributed by atoms with Gasteiger partial charge in [-0.15, -0.1) is 11.3 Å². The van der Waals surface area contributed by atoms with Crippen molar-refractivity contribution in [3.05, 3.63) is 82.2 Å². The van der Waals surface area contributed by atoms with Gasteiger partial charge in [0, 0.05) is 118 Å². The van der Waals surface area contributed by atoms with Gasteiger partial charge in [0.05, 0.1) is 52.2 Å². The zero-order valence-corrected chi connectivity index (χ0v) is 46.8. The Balaban J connectivity index is 1.01. The van der Waals surface area contributed by atoms with Crippen molar-refractivity contribution < 1.29 is 28.7 Å². The lowest BCUT2D eigenvalue weighted by Gasteiger charge is -2.41. The molecule has 1 aliphatic carbocycles. The number of esters is 1. The summed E-state index contributed by atoms with van der Waals surface area (Å²) >= 11 is 1.44. The molecule has 5 atom stereocenters. The van der Waals surface area contributed by atoms with Crippen molar-refractivity contribution in [1.29, 1.82) is 0 Å². The Hall–Kier alpha value is -5.95. The summed E-state index contributed by atoms with van der Waals surface area (Å²) in [7, 11) is 3.40. The minimum Gasteiger partial charge on any atom is -0.464 e. The number of likely N-dealkylation sites (tertiary alicyclic amines) is 1. The number of pyridine rings is 2. The predicted octanol–water partition coefficient (Wildman–Crippen LogP) is 7.97. The number of ether oxygens (including phenoxy) is 2. The van der Waals surface area contributed by atoms with Gasteiger partial charge in [0.15, 0.2) is 0 Å². The summed E-state index contributed by atoms with van der Waals surface area (Å²) in [4.78, 5) is 81.6. The van der Waals surface area contributed by atoms with Crippen LogP contribution < -0.4 is 15.6 Å². The maximum Gasteiger partial charge on any atom is 0.324 e. The second-order valence-electron chi connectivity index (χ2n) is 23.1. The number of rotatable bonds is 11. The number of methoxy groups -OCH3 is 1. The number of piperazine rings is 1. The van der Waals surface area contributed by atoms with Gasteiger partial charge < -0.3 is 34.1 Å². The van der Waals surface area contributed by atoms with Crippen molar-refractivity contribution in [2.75, 3.05) is 64.9 Å². The largest absolute Gasteiger partial charge is 0.464 e. The monoisotopic (exact) mass is 1060 g/mol. The number of aromatic nitrogens is 4. The highest BCUT2D eigenvalue weighted by atomic mass is 32.1. The number of nitrogens with zero attached hydrogens (tertiary/aromatic N) is 9. The first-order chi connectivity index (χ1) is 36.5. The first-order valence-electron chi connectivity index (χ1n) is 27.6. The lowest BCUT2D eigenvalue weighted by Crippen LogP contribution is -2.62. The zero-order chi connectivity index (χ0) is 53.6. The molecule has 3 saturated heterocycles. The van der Waals surface area contributed by atoms with Crippen molar-refractivity contribution in [3.8, 4) is 22.5 Å². The molecular formula is C58H77N11O6S. The van der Waals surface area contributed by atoms with Crippen LogP contribution in [0.3, 0.4) is 0 Å². The summed E-state index contributed by atoms with van der Waals surface area (Å²) in [6, 6.07) is 10.4. The number of hydrogen-bond donors (Lipinski definition) is 2. The molecule has 406 valence electrons. The van der Waals surface area contributed by atoms with Crippen LogP contribution in [-0.4, -0.2) is 147 Å². The quantitative estimate of drug-likeness (QED) is 0.123. The van der Waals surface area contributed by atoms with Crippen LogP contribution >= 0.6 is 11.3 Å². The summed E-state index contributed by atoms with van der Waals surface area (Å²) in [5.74, 6) is -1.59. The number of carbonyl (C=O) groups excluding carboxylic acids is 4. The number of aryl methyl sites for hydroxylation is 1. The molecule has 4 aromatic heterocycles. The molecule has 10 rings (SSSR count).